The zero-order chi connectivity index (χ0) is 17.5. The van der Waals surface area contributed by atoms with Crippen LogP contribution in [0.25, 0.3) is 0 Å². The third-order valence-electron chi connectivity index (χ3n) is 4.53. The van der Waals surface area contributed by atoms with E-state index in [9.17, 15) is 9.59 Å². The highest BCUT2D eigenvalue weighted by Gasteiger charge is 2.21. The van der Waals surface area contributed by atoms with E-state index in [-0.39, 0.29) is 18.1 Å². The van der Waals surface area contributed by atoms with Crippen LogP contribution < -0.4 is 5.32 Å². The van der Waals surface area contributed by atoms with Crippen molar-refractivity contribution in [3.05, 3.63) is 44.8 Å². The van der Waals surface area contributed by atoms with Gasteiger partial charge in [-0.2, -0.15) is 0 Å². The lowest BCUT2D eigenvalue weighted by atomic mass is 9.98. The number of carbonyl (C=O) groups is 2. The quantitative estimate of drug-likeness (QED) is 0.713. The van der Waals surface area contributed by atoms with Gasteiger partial charge in [-0.25, -0.2) is 0 Å². The van der Waals surface area contributed by atoms with Crippen molar-refractivity contribution >= 4 is 34.4 Å². The SMILES string of the molecule is O=C(CCC(=O)c1cccs1)NC[C@@H]1CCCN(Cc2cccs2)C1. The predicted octanol–water partition coefficient (Wildman–Crippen LogP) is 3.80. The number of piperidine rings is 1. The highest BCUT2D eigenvalue weighted by atomic mass is 32.1. The van der Waals surface area contributed by atoms with E-state index in [1.54, 1.807) is 11.3 Å². The van der Waals surface area contributed by atoms with Crippen molar-refractivity contribution in [2.24, 2.45) is 5.92 Å². The minimum atomic E-state index is -0.0136. The predicted molar refractivity (Wildman–Crippen MR) is 103 cm³/mol. The van der Waals surface area contributed by atoms with Crippen LogP contribution in [0.15, 0.2) is 35.0 Å². The first-order valence-corrected chi connectivity index (χ1v) is 10.5. The number of thiophene rings is 2. The van der Waals surface area contributed by atoms with Gasteiger partial charge in [0.25, 0.3) is 0 Å². The number of nitrogens with zero attached hydrogens (tertiary/aromatic N) is 1. The fraction of sp³-hybridized carbons (Fsp3) is 0.474. The molecule has 1 atom stereocenters. The average molecular weight is 377 g/mol. The van der Waals surface area contributed by atoms with E-state index in [2.05, 4.69) is 27.7 Å². The molecule has 1 N–H and O–H groups in total. The monoisotopic (exact) mass is 376 g/mol. The molecule has 0 radical (unpaired) electrons. The number of amides is 1. The van der Waals surface area contributed by atoms with Crippen LogP contribution in [0.1, 0.15) is 40.2 Å². The van der Waals surface area contributed by atoms with Gasteiger partial charge in [0, 0.05) is 37.4 Å². The van der Waals surface area contributed by atoms with Gasteiger partial charge in [0.1, 0.15) is 0 Å². The van der Waals surface area contributed by atoms with Crippen molar-refractivity contribution in [2.75, 3.05) is 19.6 Å². The molecule has 3 heterocycles. The highest BCUT2D eigenvalue weighted by Crippen LogP contribution is 2.20. The third kappa shape index (κ3) is 5.76. The standard InChI is InChI=1S/C19H24N2O2S2/c22-17(18-6-3-11-25-18)7-8-19(23)20-12-15-4-1-9-21(13-15)14-16-5-2-10-24-16/h2-3,5-6,10-11,15H,1,4,7-9,12-14H2,(H,20,23)/t15-/m0/s1. The largest absolute Gasteiger partial charge is 0.356 e. The van der Waals surface area contributed by atoms with Crippen molar-refractivity contribution in [3.8, 4) is 0 Å². The number of nitrogens with one attached hydrogen (secondary N) is 1. The topological polar surface area (TPSA) is 49.4 Å². The molecule has 1 saturated heterocycles. The maximum Gasteiger partial charge on any atom is 0.220 e. The van der Waals surface area contributed by atoms with E-state index < -0.39 is 0 Å². The Morgan fingerprint density at radius 3 is 2.76 bits per heavy atom. The maximum absolute atomic E-state index is 12.0. The highest BCUT2D eigenvalue weighted by molar-refractivity contribution is 7.12. The lowest BCUT2D eigenvalue weighted by Crippen LogP contribution is -2.40. The van der Waals surface area contributed by atoms with E-state index in [4.69, 9.17) is 0 Å². The summed E-state index contributed by atoms with van der Waals surface area (Å²) in [5.74, 6) is 0.552. The fourth-order valence-corrected chi connectivity index (χ4v) is 4.66. The van der Waals surface area contributed by atoms with Gasteiger partial charge in [-0.15, -0.1) is 22.7 Å². The van der Waals surface area contributed by atoms with Gasteiger partial charge in [-0.3, -0.25) is 14.5 Å². The van der Waals surface area contributed by atoms with Gasteiger partial charge >= 0.3 is 0 Å². The van der Waals surface area contributed by atoms with E-state index in [0.717, 1.165) is 30.9 Å². The Bertz CT molecular complexity index is 668. The molecule has 0 saturated carbocycles. The summed E-state index contributed by atoms with van der Waals surface area (Å²) in [7, 11) is 0. The lowest BCUT2D eigenvalue weighted by Gasteiger charge is -2.32. The van der Waals surface area contributed by atoms with E-state index in [1.165, 1.54) is 22.6 Å². The summed E-state index contributed by atoms with van der Waals surface area (Å²) in [6.07, 6.45) is 2.92. The summed E-state index contributed by atoms with van der Waals surface area (Å²) in [5, 5.41) is 7.03. The first-order valence-electron chi connectivity index (χ1n) is 8.79. The van der Waals surface area contributed by atoms with E-state index in [0.29, 0.717) is 18.9 Å². The smallest absolute Gasteiger partial charge is 0.220 e. The molecule has 1 fully saturated rings. The number of hydrogen-bond donors (Lipinski definition) is 1. The second-order valence-electron chi connectivity index (χ2n) is 6.53. The molecule has 2 aromatic rings. The third-order valence-corrected chi connectivity index (χ3v) is 6.30. The van der Waals surface area contributed by atoms with Gasteiger partial charge in [0.15, 0.2) is 5.78 Å². The second kappa shape index (κ2) is 9.27. The first-order chi connectivity index (χ1) is 12.2. The molecule has 3 rings (SSSR count). The summed E-state index contributed by atoms with van der Waals surface area (Å²) >= 11 is 3.24. The molecule has 134 valence electrons. The van der Waals surface area contributed by atoms with Crippen molar-refractivity contribution in [2.45, 2.75) is 32.2 Å². The minimum absolute atomic E-state index is 0.0136. The normalized spacial score (nSPS) is 18.2. The van der Waals surface area contributed by atoms with Crippen molar-refractivity contribution in [3.63, 3.8) is 0 Å². The van der Waals surface area contributed by atoms with Gasteiger partial charge in [0.2, 0.25) is 5.91 Å². The molecule has 0 unspecified atom stereocenters. The van der Waals surface area contributed by atoms with Gasteiger partial charge in [-0.05, 0) is 48.2 Å². The Labute approximate surface area is 156 Å². The Morgan fingerprint density at radius 1 is 1.16 bits per heavy atom. The number of Topliss-reactive ketones (excluding diaryl/α,β-unsaturated/α-hetero) is 1. The lowest BCUT2D eigenvalue weighted by molar-refractivity contribution is -0.121. The number of ketones is 1. The molecule has 1 amide bonds. The zero-order valence-corrected chi connectivity index (χ0v) is 15.9. The summed E-state index contributed by atoms with van der Waals surface area (Å²) < 4.78 is 0. The molecule has 0 aromatic carbocycles. The molecule has 1 aliphatic rings. The Morgan fingerprint density at radius 2 is 2.00 bits per heavy atom. The molecular weight excluding hydrogens is 352 g/mol. The molecule has 0 bridgehead atoms. The molecule has 2 aromatic heterocycles. The molecule has 6 heteroatoms. The van der Waals surface area contributed by atoms with Crippen LogP contribution >= 0.6 is 22.7 Å². The van der Waals surface area contributed by atoms with Crippen LogP contribution in [0.5, 0.6) is 0 Å². The second-order valence-corrected chi connectivity index (χ2v) is 8.51. The average Bonchev–Trinajstić information content (AvgIpc) is 3.32. The maximum atomic E-state index is 12.0. The van der Waals surface area contributed by atoms with Crippen LogP contribution in [-0.4, -0.2) is 36.2 Å². The van der Waals surface area contributed by atoms with Crippen molar-refractivity contribution < 1.29 is 9.59 Å². The molecule has 0 aliphatic carbocycles. The molecule has 4 nitrogen and oxygen atoms in total. The summed E-state index contributed by atoms with van der Waals surface area (Å²) in [5.41, 5.74) is 0. The van der Waals surface area contributed by atoms with Crippen LogP contribution in [0.4, 0.5) is 0 Å². The molecule has 0 spiro atoms. The first kappa shape index (κ1) is 18.3. The number of carbonyl (C=O) groups excluding carboxylic acids is 2. The van der Waals surface area contributed by atoms with Crippen molar-refractivity contribution in [1.82, 2.24) is 10.2 Å². The minimum Gasteiger partial charge on any atom is -0.356 e. The Balaban J connectivity index is 1.36. The van der Waals surface area contributed by atoms with E-state index in [1.807, 2.05) is 17.5 Å². The summed E-state index contributed by atoms with van der Waals surface area (Å²) in [4.78, 5) is 28.6. The molecule has 25 heavy (non-hydrogen) atoms. The van der Waals surface area contributed by atoms with Crippen molar-refractivity contribution in [1.29, 1.82) is 0 Å². The zero-order valence-electron chi connectivity index (χ0n) is 14.3. The van der Waals surface area contributed by atoms with Crippen LogP contribution in [0.3, 0.4) is 0 Å². The number of likely N-dealkylation sites (tertiary alicyclic amines) is 1. The summed E-state index contributed by atoms with van der Waals surface area (Å²) in [6, 6.07) is 7.96. The fourth-order valence-electron chi connectivity index (χ4n) is 3.22. The summed E-state index contributed by atoms with van der Waals surface area (Å²) in [6.45, 7) is 3.90. The number of hydrogen-bond acceptors (Lipinski definition) is 5. The number of rotatable bonds is 8. The van der Waals surface area contributed by atoms with E-state index >= 15 is 0 Å². The van der Waals surface area contributed by atoms with Gasteiger partial charge in [0.05, 0.1) is 4.88 Å². The van der Waals surface area contributed by atoms with Gasteiger partial charge < -0.3 is 5.32 Å². The van der Waals surface area contributed by atoms with Gasteiger partial charge in [-0.1, -0.05) is 12.1 Å². The van der Waals surface area contributed by atoms with Crippen LogP contribution in [0, 0.1) is 5.92 Å². The molecule has 1 aliphatic heterocycles. The van der Waals surface area contributed by atoms with Crippen LogP contribution in [0.2, 0.25) is 0 Å². The molecular formula is C19H24N2O2S2. The van der Waals surface area contributed by atoms with Crippen LogP contribution in [-0.2, 0) is 11.3 Å². The Hall–Kier alpha value is -1.50. The Kier molecular flexibility index (Phi) is 6.78.